The van der Waals surface area contributed by atoms with Crippen LogP contribution in [0.4, 0.5) is 5.13 Å². The van der Waals surface area contributed by atoms with Gasteiger partial charge in [0.2, 0.25) is 5.91 Å². The van der Waals surface area contributed by atoms with Crippen LogP contribution in [0.3, 0.4) is 0 Å². The lowest BCUT2D eigenvalue weighted by molar-refractivity contribution is -0.125. The molecule has 1 saturated heterocycles. The first kappa shape index (κ1) is 15.7. The van der Waals surface area contributed by atoms with Crippen molar-refractivity contribution in [3.8, 4) is 0 Å². The van der Waals surface area contributed by atoms with Crippen molar-refractivity contribution in [2.75, 3.05) is 44.3 Å². The smallest absolute Gasteiger partial charge is 0.223 e. The second-order valence-electron chi connectivity index (χ2n) is 5.84. The van der Waals surface area contributed by atoms with Gasteiger partial charge in [-0.25, -0.2) is 4.98 Å². The number of hydrogen-bond donors (Lipinski definition) is 2. The normalized spacial score (nSPS) is 21.5. The number of hydrogen-bond acceptors (Lipinski definition) is 6. The average molecular weight is 324 g/mol. The molecule has 2 aliphatic rings. The van der Waals surface area contributed by atoms with Crippen LogP contribution in [0.5, 0.6) is 0 Å². The number of nitrogens with zero attached hydrogens (tertiary/aromatic N) is 2. The van der Waals surface area contributed by atoms with Gasteiger partial charge in [0.1, 0.15) is 0 Å². The molecule has 0 radical (unpaired) electrons. The summed E-state index contributed by atoms with van der Waals surface area (Å²) >= 11 is 1.75. The molecule has 1 amide bonds. The number of fused-ring (bicyclic) bond motifs is 1. The van der Waals surface area contributed by atoms with E-state index in [2.05, 4.69) is 10.2 Å². The number of carbonyl (C=O) groups excluding carboxylic acids is 1. The van der Waals surface area contributed by atoms with E-state index in [0.29, 0.717) is 13.1 Å². The van der Waals surface area contributed by atoms with Crippen LogP contribution in [0, 0.1) is 5.92 Å². The molecule has 1 aromatic heterocycles. The largest absolute Gasteiger partial charge is 0.378 e. The molecule has 7 heteroatoms. The minimum Gasteiger partial charge on any atom is -0.378 e. The summed E-state index contributed by atoms with van der Waals surface area (Å²) in [5.74, 6) is 0.253. The lowest BCUT2D eigenvalue weighted by Gasteiger charge is -2.26. The van der Waals surface area contributed by atoms with Gasteiger partial charge in [0.25, 0.3) is 0 Å². The molecule has 1 aliphatic carbocycles. The van der Waals surface area contributed by atoms with E-state index >= 15 is 0 Å². The number of morpholine rings is 1. The first-order valence-electron chi connectivity index (χ1n) is 8.07. The van der Waals surface area contributed by atoms with Gasteiger partial charge in [0.15, 0.2) is 5.13 Å². The summed E-state index contributed by atoms with van der Waals surface area (Å²) in [6.45, 7) is 4.67. The zero-order valence-corrected chi connectivity index (χ0v) is 13.7. The Bertz CT molecular complexity index is 514. The fraction of sp³-hybridized carbons (Fsp3) is 0.733. The van der Waals surface area contributed by atoms with Crippen LogP contribution in [0.25, 0.3) is 0 Å². The highest BCUT2D eigenvalue weighted by Crippen LogP contribution is 2.34. The van der Waals surface area contributed by atoms with Gasteiger partial charge in [-0.1, -0.05) is 0 Å². The molecule has 122 valence electrons. The summed E-state index contributed by atoms with van der Waals surface area (Å²) in [4.78, 5) is 20.6. The third kappa shape index (κ3) is 3.59. The van der Waals surface area contributed by atoms with Crippen LogP contribution in [-0.4, -0.2) is 50.3 Å². The van der Waals surface area contributed by atoms with E-state index in [-0.39, 0.29) is 11.8 Å². The van der Waals surface area contributed by atoms with Crippen LogP contribution in [0.2, 0.25) is 0 Å². The molecule has 0 saturated carbocycles. The number of thiazole rings is 1. The number of nitrogens with two attached hydrogens (primary N) is 1. The van der Waals surface area contributed by atoms with Crippen molar-refractivity contribution in [1.29, 1.82) is 0 Å². The Balaban J connectivity index is 1.60. The average Bonchev–Trinajstić information content (AvgIpc) is 2.99. The van der Waals surface area contributed by atoms with Crippen molar-refractivity contribution in [2.45, 2.75) is 25.7 Å². The Morgan fingerprint density at radius 1 is 1.45 bits per heavy atom. The molecule has 1 aromatic rings. The second-order valence-corrected chi connectivity index (χ2v) is 6.90. The monoisotopic (exact) mass is 324 g/mol. The minimum atomic E-state index is 0.0864. The summed E-state index contributed by atoms with van der Waals surface area (Å²) in [5, 5.41) is 4.09. The Morgan fingerprint density at radius 2 is 2.27 bits per heavy atom. The fourth-order valence-corrected chi connectivity index (χ4v) is 4.17. The Morgan fingerprint density at radius 3 is 3.05 bits per heavy atom. The van der Waals surface area contributed by atoms with Gasteiger partial charge in [-0.2, -0.15) is 0 Å². The van der Waals surface area contributed by atoms with Gasteiger partial charge in [-0.15, -0.1) is 11.3 Å². The predicted molar refractivity (Wildman–Crippen MR) is 87.3 cm³/mol. The zero-order chi connectivity index (χ0) is 15.4. The summed E-state index contributed by atoms with van der Waals surface area (Å²) in [7, 11) is 0. The number of ether oxygens (including phenoxy) is 1. The molecule has 3 rings (SSSR count). The van der Waals surface area contributed by atoms with E-state index in [4.69, 9.17) is 15.5 Å². The van der Waals surface area contributed by atoms with Crippen molar-refractivity contribution < 1.29 is 9.53 Å². The van der Waals surface area contributed by atoms with Crippen molar-refractivity contribution in [3.63, 3.8) is 0 Å². The Kier molecular flexibility index (Phi) is 5.28. The highest BCUT2D eigenvalue weighted by Gasteiger charge is 2.28. The molecule has 1 unspecified atom stereocenters. The van der Waals surface area contributed by atoms with Gasteiger partial charge in [-0.05, 0) is 32.2 Å². The maximum Gasteiger partial charge on any atom is 0.223 e. The highest BCUT2D eigenvalue weighted by atomic mass is 32.1. The molecule has 6 nitrogen and oxygen atoms in total. The molecule has 3 N–H and O–H groups in total. The Labute approximate surface area is 135 Å². The third-order valence-electron chi connectivity index (χ3n) is 4.26. The maximum absolute atomic E-state index is 12.2. The first-order valence-corrected chi connectivity index (χ1v) is 8.88. The van der Waals surface area contributed by atoms with E-state index in [1.807, 2.05) is 0 Å². The number of rotatable bonds is 5. The number of aryl methyl sites for hydroxylation is 1. The first-order chi connectivity index (χ1) is 10.8. The van der Waals surface area contributed by atoms with E-state index < -0.39 is 0 Å². The standard InChI is InChI=1S/C15H24N4O2S/c16-4-1-5-17-14(20)11-2-3-12-13(10-11)22-15(18-12)19-6-8-21-9-7-19/h11H,1-10,16H2,(H,17,20). The van der Waals surface area contributed by atoms with Crippen molar-refractivity contribution in [1.82, 2.24) is 10.3 Å². The summed E-state index contributed by atoms with van der Waals surface area (Å²) in [6.07, 6.45) is 3.47. The number of amides is 1. The second kappa shape index (κ2) is 7.39. The molecular weight excluding hydrogens is 300 g/mol. The highest BCUT2D eigenvalue weighted by molar-refractivity contribution is 7.15. The molecule has 0 aromatic carbocycles. The number of anilines is 1. The van der Waals surface area contributed by atoms with Crippen molar-refractivity contribution >= 4 is 22.4 Å². The summed E-state index contributed by atoms with van der Waals surface area (Å²) < 4.78 is 5.39. The molecule has 22 heavy (non-hydrogen) atoms. The van der Waals surface area contributed by atoms with E-state index in [1.54, 1.807) is 11.3 Å². The van der Waals surface area contributed by atoms with Gasteiger partial charge in [0, 0.05) is 30.4 Å². The Hall–Kier alpha value is -1.18. The lowest BCUT2D eigenvalue weighted by atomic mass is 9.90. The summed E-state index contributed by atoms with van der Waals surface area (Å²) in [5.41, 5.74) is 6.65. The van der Waals surface area contributed by atoms with Crippen molar-refractivity contribution in [2.24, 2.45) is 11.7 Å². The van der Waals surface area contributed by atoms with Gasteiger partial charge in [0.05, 0.1) is 18.9 Å². The molecule has 1 fully saturated rings. The van der Waals surface area contributed by atoms with Gasteiger partial charge >= 0.3 is 0 Å². The summed E-state index contributed by atoms with van der Waals surface area (Å²) in [6, 6.07) is 0. The number of carbonyl (C=O) groups is 1. The third-order valence-corrected chi connectivity index (χ3v) is 5.44. The minimum absolute atomic E-state index is 0.0864. The van der Waals surface area contributed by atoms with Crippen LogP contribution in [0.15, 0.2) is 0 Å². The van der Waals surface area contributed by atoms with Crippen molar-refractivity contribution in [3.05, 3.63) is 10.6 Å². The van der Waals surface area contributed by atoms with E-state index in [9.17, 15) is 4.79 Å². The van der Waals surface area contributed by atoms with Crippen LogP contribution >= 0.6 is 11.3 Å². The van der Waals surface area contributed by atoms with Gasteiger partial charge < -0.3 is 20.7 Å². The van der Waals surface area contributed by atoms with Crippen LogP contribution in [-0.2, 0) is 22.4 Å². The molecule has 0 bridgehead atoms. The van der Waals surface area contributed by atoms with Crippen LogP contribution < -0.4 is 16.0 Å². The fourth-order valence-electron chi connectivity index (χ4n) is 2.93. The molecule has 2 heterocycles. The maximum atomic E-state index is 12.2. The number of aromatic nitrogens is 1. The molecular formula is C15H24N4O2S. The van der Waals surface area contributed by atoms with Crippen LogP contribution in [0.1, 0.15) is 23.4 Å². The zero-order valence-electron chi connectivity index (χ0n) is 12.8. The van der Waals surface area contributed by atoms with Gasteiger partial charge in [-0.3, -0.25) is 4.79 Å². The lowest BCUT2D eigenvalue weighted by Crippen LogP contribution is -2.36. The topological polar surface area (TPSA) is 80.5 Å². The SMILES string of the molecule is NCCCNC(=O)C1CCc2nc(N3CCOCC3)sc2C1. The van der Waals surface area contributed by atoms with E-state index in [0.717, 1.165) is 57.1 Å². The van der Waals surface area contributed by atoms with E-state index in [1.165, 1.54) is 10.6 Å². The molecule has 0 spiro atoms. The predicted octanol–water partition coefficient (Wildman–Crippen LogP) is 0.550. The molecule has 1 atom stereocenters. The quantitative estimate of drug-likeness (QED) is 0.773. The number of nitrogens with one attached hydrogen (secondary N) is 1. The molecule has 1 aliphatic heterocycles.